The average Bonchev–Trinajstić information content (AvgIpc) is 2.82. The Balaban J connectivity index is 2.32. The van der Waals surface area contributed by atoms with E-state index in [1.54, 1.807) is 12.3 Å². The fourth-order valence-corrected chi connectivity index (χ4v) is 3.23. The molecule has 0 saturated heterocycles. The van der Waals surface area contributed by atoms with E-state index in [9.17, 15) is 5.21 Å². The molecule has 1 N–H and O–H groups in total. The Labute approximate surface area is 141 Å². The third kappa shape index (κ3) is 3.00. The molecule has 0 aliphatic rings. The Kier molecular flexibility index (Phi) is 4.44. The SMILES string of the molecule is CCCCc1nc2c[n+](O)c3cc(Cl)ccc3c2n1CC(C)C. The first-order chi connectivity index (χ1) is 11.0. The van der Waals surface area contributed by atoms with Gasteiger partial charge in [-0.1, -0.05) is 38.8 Å². The highest BCUT2D eigenvalue weighted by atomic mass is 35.5. The lowest BCUT2D eigenvalue weighted by molar-refractivity contribution is -0.883. The number of hydrogen-bond acceptors (Lipinski definition) is 2. The molecule has 0 aliphatic heterocycles. The molecular weight excluding hydrogens is 310 g/mol. The van der Waals surface area contributed by atoms with E-state index >= 15 is 0 Å². The van der Waals surface area contributed by atoms with Crippen molar-refractivity contribution in [2.75, 3.05) is 0 Å². The number of halogens is 1. The van der Waals surface area contributed by atoms with Crippen LogP contribution >= 0.6 is 11.6 Å². The lowest BCUT2D eigenvalue weighted by Gasteiger charge is -2.12. The highest BCUT2D eigenvalue weighted by molar-refractivity contribution is 6.31. The van der Waals surface area contributed by atoms with Gasteiger partial charge in [-0.3, -0.25) is 5.21 Å². The summed E-state index contributed by atoms with van der Waals surface area (Å²) in [6.07, 6.45) is 4.89. The molecule has 1 aromatic carbocycles. The van der Waals surface area contributed by atoms with Crippen LogP contribution in [0.1, 0.15) is 39.4 Å². The number of unbranched alkanes of at least 4 members (excludes halogenated alkanes) is 1. The van der Waals surface area contributed by atoms with E-state index in [2.05, 4.69) is 25.3 Å². The molecule has 2 heterocycles. The van der Waals surface area contributed by atoms with Gasteiger partial charge in [0.25, 0.3) is 11.7 Å². The van der Waals surface area contributed by atoms with E-state index in [4.69, 9.17) is 16.6 Å². The molecule has 0 amide bonds. The fraction of sp³-hybridized carbons (Fsp3) is 0.444. The van der Waals surface area contributed by atoms with Crippen molar-refractivity contribution in [1.82, 2.24) is 9.55 Å². The molecule has 0 fully saturated rings. The number of aryl methyl sites for hydroxylation is 1. The van der Waals surface area contributed by atoms with Crippen molar-refractivity contribution in [1.29, 1.82) is 0 Å². The van der Waals surface area contributed by atoms with Crippen LogP contribution in [-0.4, -0.2) is 14.8 Å². The van der Waals surface area contributed by atoms with Gasteiger partial charge in [0.05, 0.1) is 10.9 Å². The summed E-state index contributed by atoms with van der Waals surface area (Å²) in [6, 6.07) is 5.62. The van der Waals surface area contributed by atoms with Gasteiger partial charge in [0.1, 0.15) is 5.82 Å². The minimum Gasteiger partial charge on any atom is -0.327 e. The van der Waals surface area contributed by atoms with Crippen LogP contribution in [0, 0.1) is 5.92 Å². The molecule has 0 aliphatic carbocycles. The molecule has 23 heavy (non-hydrogen) atoms. The zero-order valence-electron chi connectivity index (χ0n) is 13.9. The minimum absolute atomic E-state index is 0.525. The van der Waals surface area contributed by atoms with Gasteiger partial charge < -0.3 is 4.57 Å². The largest absolute Gasteiger partial charge is 0.327 e. The molecule has 0 unspecified atom stereocenters. The van der Waals surface area contributed by atoms with Crippen molar-refractivity contribution in [3.05, 3.63) is 35.2 Å². The monoisotopic (exact) mass is 332 g/mol. The van der Waals surface area contributed by atoms with Crippen LogP contribution in [0.4, 0.5) is 0 Å². The number of rotatable bonds is 5. The first-order valence-electron chi connectivity index (χ1n) is 8.23. The summed E-state index contributed by atoms with van der Waals surface area (Å²) in [5.41, 5.74) is 2.62. The fourth-order valence-electron chi connectivity index (χ4n) is 3.06. The first-order valence-corrected chi connectivity index (χ1v) is 8.61. The third-order valence-corrected chi connectivity index (χ3v) is 4.32. The van der Waals surface area contributed by atoms with Gasteiger partial charge in [-0.15, -0.1) is 0 Å². The topological polar surface area (TPSA) is 41.9 Å². The Hall–Kier alpha value is -1.81. The van der Waals surface area contributed by atoms with Crippen LogP contribution in [0.3, 0.4) is 0 Å². The van der Waals surface area contributed by atoms with Crippen molar-refractivity contribution in [2.24, 2.45) is 5.92 Å². The van der Waals surface area contributed by atoms with Crippen LogP contribution in [0.2, 0.25) is 5.02 Å². The van der Waals surface area contributed by atoms with E-state index in [-0.39, 0.29) is 0 Å². The molecule has 2 aromatic heterocycles. The molecule has 0 radical (unpaired) electrons. The minimum atomic E-state index is 0.525. The van der Waals surface area contributed by atoms with Crippen molar-refractivity contribution >= 4 is 33.5 Å². The van der Waals surface area contributed by atoms with Crippen LogP contribution in [0.15, 0.2) is 24.4 Å². The van der Waals surface area contributed by atoms with Crippen LogP contribution in [-0.2, 0) is 13.0 Å². The van der Waals surface area contributed by atoms with Crippen molar-refractivity contribution in [3.63, 3.8) is 0 Å². The molecule has 0 saturated carbocycles. The molecule has 5 heteroatoms. The van der Waals surface area contributed by atoms with Gasteiger partial charge >= 0.3 is 0 Å². The molecule has 3 rings (SSSR count). The third-order valence-electron chi connectivity index (χ3n) is 4.08. The lowest BCUT2D eigenvalue weighted by atomic mass is 10.1. The lowest BCUT2D eigenvalue weighted by Crippen LogP contribution is -2.30. The molecule has 0 spiro atoms. The quantitative estimate of drug-likeness (QED) is 0.557. The number of aromatic nitrogens is 3. The van der Waals surface area contributed by atoms with Gasteiger partial charge in [-0.05, 0) is 24.5 Å². The van der Waals surface area contributed by atoms with Gasteiger partial charge in [0.15, 0.2) is 5.52 Å². The number of imidazole rings is 1. The number of benzene rings is 1. The molecule has 3 aromatic rings. The Morgan fingerprint density at radius 2 is 2.13 bits per heavy atom. The summed E-state index contributed by atoms with van der Waals surface area (Å²) < 4.78 is 3.44. The van der Waals surface area contributed by atoms with E-state index in [0.29, 0.717) is 16.5 Å². The van der Waals surface area contributed by atoms with Crippen molar-refractivity contribution in [2.45, 2.75) is 46.6 Å². The maximum atomic E-state index is 10.3. The summed E-state index contributed by atoms with van der Waals surface area (Å²) in [6.45, 7) is 7.53. The zero-order valence-corrected chi connectivity index (χ0v) is 14.6. The normalized spacial score (nSPS) is 11.9. The van der Waals surface area contributed by atoms with E-state index in [1.807, 2.05) is 12.1 Å². The average molecular weight is 333 g/mol. The van der Waals surface area contributed by atoms with Gasteiger partial charge in [0, 0.05) is 28.8 Å². The number of pyridine rings is 1. The second kappa shape index (κ2) is 6.36. The molecule has 4 nitrogen and oxygen atoms in total. The van der Waals surface area contributed by atoms with E-state index in [0.717, 1.165) is 52.8 Å². The number of nitrogens with zero attached hydrogens (tertiary/aromatic N) is 3. The van der Waals surface area contributed by atoms with Crippen LogP contribution in [0.25, 0.3) is 21.9 Å². The maximum Gasteiger partial charge on any atom is 0.268 e. The summed E-state index contributed by atoms with van der Waals surface area (Å²) in [5.74, 6) is 1.62. The van der Waals surface area contributed by atoms with E-state index < -0.39 is 0 Å². The smallest absolute Gasteiger partial charge is 0.268 e. The molecule has 0 bridgehead atoms. The molecular formula is C18H23ClN3O+. The predicted molar refractivity (Wildman–Crippen MR) is 93.1 cm³/mol. The summed E-state index contributed by atoms with van der Waals surface area (Å²) in [4.78, 5) is 4.79. The standard InChI is InChI=1S/C18H23ClN3O/c1-4-5-6-17-20-15-11-22(23)16-9-13(19)7-8-14(16)18(15)21(17)10-12(2)3/h7-9,11-12,23H,4-6,10H2,1-3H3/q+1. The van der Waals surface area contributed by atoms with Crippen LogP contribution < -0.4 is 4.73 Å². The summed E-state index contributed by atoms with van der Waals surface area (Å²) in [7, 11) is 0. The van der Waals surface area contributed by atoms with Crippen molar-refractivity contribution < 1.29 is 9.94 Å². The van der Waals surface area contributed by atoms with E-state index in [1.165, 1.54) is 0 Å². The molecule has 122 valence electrons. The Morgan fingerprint density at radius 3 is 2.83 bits per heavy atom. The Morgan fingerprint density at radius 1 is 1.35 bits per heavy atom. The maximum absolute atomic E-state index is 10.3. The molecule has 0 atom stereocenters. The summed E-state index contributed by atoms with van der Waals surface area (Å²) in [5, 5.41) is 11.8. The summed E-state index contributed by atoms with van der Waals surface area (Å²) >= 11 is 6.09. The van der Waals surface area contributed by atoms with Gasteiger partial charge in [-0.2, -0.15) is 0 Å². The zero-order chi connectivity index (χ0) is 16.6. The number of hydrogen-bond donors (Lipinski definition) is 1. The number of fused-ring (bicyclic) bond motifs is 3. The van der Waals surface area contributed by atoms with Crippen LogP contribution in [0.5, 0.6) is 0 Å². The highest BCUT2D eigenvalue weighted by Gasteiger charge is 2.21. The first kappa shape index (κ1) is 16.1. The van der Waals surface area contributed by atoms with Gasteiger partial charge in [-0.25, -0.2) is 4.98 Å². The predicted octanol–water partition coefficient (Wildman–Crippen LogP) is 4.37. The van der Waals surface area contributed by atoms with Crippen molar-refractivity contribution in [3.8, 4) is 0 Å². The second-order valence-electron chi connectivity index (χ2n) is 6.51. The Bertz CT molecular complexity index is 854. The second-order valence-corrected chi connectivity index (χ2v) is 6.94. The van der Waals surface area contributed by atoms with Gasteiger partial charge in [0.2, 0.25) is 0 Å². The highest BCUT2D eigenvalue weighted by Crippen LogP contribution is 2.27.